The molecule has 0 saturated heterocycles. The first-order chi connectivity index (χ1) is 9.11. The Morgan fingerprint density at radius 2 is 2.32 bits per heavy atom. The van der Waals surface area contributed by atoms with Crippen molar-refractivity contribution in [1.82, 2.24) is 5.32 Å². The largest absolute Gasteiger partial charge is 0.392 e. The molecule has 4 heteroatoms. The summed E-state index contributed by atoms with van der Waals surface area (Å²) in [5, 5.41) is 13.4. The van der Waals surface area contributed by atoms with Gasteiger partial charge in [0.25, 0.3) is 0 Å². The molecule has 2 rings (SSSR count). The van der Waals surface area contributed by atoms with Gasteiger partial charge < -0.3 is 10.4 Å². The minimum Gasteiger partial charge on any atom is -0.392 e. The predicted molar refractivity (Wildman–Crippen MR) is 77.9 cm³/mol. The monoisotopic (exact) mass is 283 g/mol. The minimum atomic E-state index is -0.336. The van der Waals surface area contributed by atoms with Crippen LogP contribution in [0.25, 0.3) is 0 Å². The fraction of sp³-hybridized carbons (Fsp3) is 0.600. The summed E-state index contributed by atoms with van der Waals surface area (Å²) in [5.74, 6) is 1.14. The Balaban J connectivity index is 2.01. The van der Waals surface area contributed by atoms with Gasteiger partial charge in [0.05, 0.1) is 6.10 Å². The van der Waals surface area contributed by atoms with Gasteiger partial charge in [-0.3, -0.25) is 0 Å². The van der Waals surface area contributed by atoms with Crippen molar-refractivity contribution in [2.75, 3.05) is 12.3 Å². The molecular weight excluding hydrogens is 261 g/mol. The zero-order valence-corrected chi connectivity index (χ0v) is 12.3. The Morgan fingerprint density at radius 1 is 1.53 bits per heavy atom. The summed E-state index contributed by atoms with van der Waals surface area (Å²) in [6.45, 7) is 4.70. The molecule has 2 nitrogen and oxygen atoms in total. The van der Waals surface area contributed by atoms with Gasteiger partial charge in [0, 0.05) is 17.5 Å². The Bertz CT molecular complexity index is 427. The van der Waals surface area contributed by atoms with Crippen LogP contribution in [-0.2, 0) is 0 Å². The highest BCUT2D eigenvalue weighted by atomic mass is 32.2. The van der Waals surface area contributed by atoms with Crippen LogP contribution < -0.4 is 5.32 Å². The van der Waals surface area contributed by atoms with E-state index in [1.807, 2.05) is 6.07 Å². The van der Waals surface area contributed by atoms with E-state index in [2.05, 4.69) is 19.2 Å². The molecule has 0 bridgehead atoms. The number of hydrogen-bond donors (Lipinski definition) is 2. The summed E-state index contributed by atoms with van der Waals surface area (Å²) in [4.78, 5) is 1.16. The SMILES string of the molecule is CCC(C)C(O)CNC1CCSc2ccc(F)cc21. The van der Waals surface area contributed by atoms with Crippen molar-refractivity contribution in [3.63, 3.8) is 0 Å². The number of thioether (sulfide) groups is 1. The van der Waals surface area contributed by atoms with Gasteiger partial charge >= 0.3 is 0 Å². The molecule has 0 amide bonds. The summed E-state index contributed by atoms with van der Waals surface area (Å²) < 4.78 is 13.4. The van der Waals surface area contributed by atoms with E-state index in [1.54, 1.807) is 17.8 Å². The van der Waals surface area contributed by atoms with Gasteiger partial charge in [-0.2, -0.15) is 0 Å². The number of fused-ring (bicyclic) bond motifs is 1. The Labute approximate surface area is 118 Å². The lowest BCUT2D eigenvalue weighted by atomic mass is 10.00. The number of aliphatic hydroxyl groups is 1. The van der Waals surface area contributed by atoms with Crippen LogP contribution in [0.4, 0.5) is 4.39 Å². The zero-order chi connectivity index (χ0) is 13.8. The van der Waals surface area contributed by atoms with Gasteiger partial charge in [-0.05, 0) is 41.9 Å². The van der Waals surface area contributed by atoms with E-state index in [4.69, 9.17) is 0 Å². The molecule has 0 aliphatic carbocycles. The smallest absolute Gasteiger partial charge is 0.123 e. The first kappa shape index (κ1) is 14.8. The molecule has 2 N–H and O–H groups in total. The van der Waals surface area contributed by atoms with E-state index >= 15 is 0 Å². The van der Waals surface area contributed by atoms with E-state index in [-0.39, 0.29) is 23.9 Å². The van der Waals surface area contributed by atoms with Crippen molar-refractivity contribution in [3.05, 3.63) is 29.6 Å². The first-order valence-corrected chi connectivity index (χ1v) is 7.94. The van der Waals surface area contributed by atoms with E-state index in [0.29, 0.717) is 6.54 Å². The van der Waals surface area contributed by atoms with Gasteiger partial charge in [0.15, 0.2) is 0 Å². The van der Waals surface area contributed by atoms with Gasteiger partial charge in [-0.25, -0.2) is 4.39 Å². The fourth-order valence-corrected chi connectivity index (χ4v) is 3.42. The molecule has 1 aliphatic rings. The molecule has 3 atom stereocenters. The van der Waals surface area contributed by atoms with Crippen LogP contribution >= 0.6 is 11.8 Å². The summed E-state index contributed by atoms with van der Waals surface area (Å²) >= 11 is 1.78. The molecule has 1 aromatic rings. The Kier molecular flexibility index (Phi) is 5.25. The van der Waals surface area contributed by atoms with Crippen molar-refractivity contribution in [2.45, 2.75) is 43.7 Å². The fourth-order valence-electron chi connectivity index (χ4n) is 2.31. The molecule has 0 fully saturated rings. The van der Waals surface area contributed by atoms with E-state index < -0.39 is 0 Å². The first-order valence-electron chi connectivity index (χ1n) is 6.95. The summed E-state index contributed by atoms with van der Waals surface area (Å²) in [6.07, 6.45) is 1.61. The lowest BCUT2D eigenvalue weighted by Gasteiger charge is -2.28. The van der Waals surface area contributed by atoms with Crippen LogP contribution in [0.1, 0.15) is 38.3 Å². The second-order valence-corrected chi connectivity index (χ2v) is 6.37. The maximum Gasteiger partial charge on any atom is 0.123 e. The normalized spacial score (nSPS) is 21.8. The zero-order valence-electron chi connectivity index (χ0n) is 11.5. The van der Waals surface area contributed by atoms with Crippen molar-refractivity contribution in [1.29, 1.82) is 0 Å². The lowest BCUT2D eigenvalue weighted by molar-refractivity contribution is 0.109. The number of rotatable bonds is 5. The number of aliphatic hydroxyl groups excluding tert-OH is 1. The molecule has 1 heterocycles. The molecule has 0 radical (unpaired) electrons. The van der Waals surface area contributed by atoms with Crippen LogP contribution in [0.2, 0.25) is 0 Å². The molecule has 1 aromatic carbocycles. The van der Waals surface area contributed by atoms with E-state index in [0.717, 1.165) is 29.1 Å². The van der Waals surface area contributed by atoms with Crippen LogP contribution in [0, 0.1) is 11.7 Å². The topological polar surface area (TPSA) is 32.3 Å². The molecule has 0 saturated carbocycles. The van der Waals surface area contributed by atoms with Gasteiger partial charge in [0.1, 0.15) is 5.82 Å². The van der Waals surface area contributed by atoms with E-state index in [1.165, 1.54) is 6.07 Å². The van der Waals surface area contributed by atoms with Crippen LogP contribution in [0.5, 0.6) is 0 Å². The summed E-state index contributed by atoms with van der Waals surface area (Å²) in [7, 11) is 0. The third-order valence-electron chi connectivity index (χ3n) is 3.89. The molecule has 19 heavy (non-hydrogen) atoms. The molecular formula is C15H22FNOS. The maximum absolute atomic E-state index is 13.4. The van der Waals surface area contributed by atoms with Gasteiger partial charge in [-0.15, -0.1) is 11.8 Å². The third kappa shape index (κ3) is 3.71. The average molecular weight is 283 g/mol. The highest BCUT2D eigenvalue weighted by Gasteiger charge is 2.22. The quantitative estimate of drug-likeness (QED) is 0.869. The minimum absolute atomic E-state index is 0.158. The standard InChI is InChI=1S/C15H22FNOS/c1-3-10(2)14(18)9-17-13-6-7-19-15-5-4-11(16)8-12(13)15/h4-5,8,10,13-14,17-18H,3,6-7,9H2,1-2H3. The highest BCUT2D eigenvalue weighted by molar-refractivity contribution is 7.99. The number of nitrogens with one attached hydrogen (secondary N) is 1. The van der Waals surface area contributed by atoms with Crippen molar-refractivity contribution in [3.8, 4) is 0 Å². The molecule has 0 aromatic heterocycles. The average Bonchev–Trinajstić information content (AvgIpc) is 2.43. The summed E-state index contributed by atoms with van der Waals surface area (Å²) in [6, 6.07) is 5.15. The molecule has 1 aliphatic heterocycles. The number of hydrogen-bond acceptors (Lipinski definition) is 3. The second kappa shape index (κ2) is 6.73. The highest BCUT2D eigenvalue weighted by Crippen LogP contribution is 2.36. The maximum atomic E-state index is 13.4. The second-order valence-electron chi connectivity index (χ2n) is 5.23. The van der Waals surface area contributed by atoms with E-state index in [9.17, 15) is 9.50 Å². The van der Waals surface area contributed by atoms with Gasteiger partial charge in [-0.1, -0.05) is 20.3 Å². The van der Waals surface area contributed by atoms with Crippen LogP contribution in [0.15, 0.2) is 23.1 Å². The van der Waals surface area contributed by atoms with Crippen molar-refractivity contribution < 1.29 is 9.50 Å². The third-order valence-corrected chi connectivity index (χ3v) is 5.01. The molecule has 3 unspecified atom stereocenters. The summed E-state index contributed by atoms with van der Waals surface area (Å²) in [5.41, 5.74) is 1.03. The molecule has 0 spiro atoms. The Morgan fingerprint density at radius 3 is 3.05 bits per heavy atom. The van der Waals surface area contributed by atoms with Crippen LogP contribution in [0.3, 0.4) is 0 Å². The molecule has 106 valence electrons. The van der Waals surface area contributed by atoms with Crippen molar-refractivity contribution >= 4 is 11.8 Å². The van der Waals surface area contributed by atoms with Crippen molar-refractivity contribution in [2.24, 2.45) is 5.92 Å². The number of benzene rings is 1. The van der Waals surface area contributed by atoms with Crippen LogP contribution in [-0.4, -0.2) is 23.5 Å². The Hall–Kier alpha value is -0.580. The number of halogens is 1. The van der Waals surface area contributed by atoms with Gasteiger partial charge in [0.2, 0.25) is 0 Å². The lowest BCUT2D eigenvalue weighted by Crippen LogP contribution is -2.35. The predicted octanol–water partition coefficient (Wildman–Crippen LogP) is 3.36.